The predicted molar refractivity (Wildman–Crippen MR) is 83.0 cm³/mol. The third-order valence-corrected chi connectivity index (χ3v) is 3.48. The summed E-state index contributed by atoms with van der Waals surface area (Å²) in [5.41, 5.74) is 5.72. The number of amides is 1. The molecule has 0 atom stereocenters. The molecule has 2 N–H and O–H groups in total. The standard InChI is InChI=1S/C16H23N3O/c1-2-3-4-5-12-17-14-8-6-13(7-9-14)15-10-11-16(20)19-18-15/h6-9,17H,2-5,10-12H2,1H3,(H,19,20). The smallest absolute Gasteiger partial charge is 0.240 e. The van der Waals surface area contributed by atoms with Gasteiger partial charge in [0, 0.05) is 25.1 Å². The summed E-state index contributed by atoms with van der Waals surface area (Å²) >= 11 is 0. The quantitative estimate of drug-likeness (QED) is 0.749. The van der Waals surface area contributed by atoms with Crippen LogP contribution >= 0.6 is 0 Å². The van der Waals surface area contributed by atoms with E-state index in [1.807, 2.05) is 0 Å². The molecule has 0 unspecified atom stereocenters. The molecule has 0 bridgehead atoms. The van der Waals surface area contributed by atoms with Gasteiger partial charge < -0.3 is 5.32 Å². The Balaban J connectivity index is 1.82. The zero-order valence-electron chi connectivity index (χ0n) is 12.1. The van der Waals surface area contributed by atoms with E-state index in [4.69, 9.17) is 0 Å². The van der Waals surface area contributed by atoms with Crippen LogP contribution in [0.3, 0.4) is 0 Å². The van der Waals surface area contributed by atoms with Gasteiger partial charge in [-0.05, 0) is 24.1 Å². The highest BCUT2D eigenvalue weighted by Gasteiger charge is 2.12. The van der Waals surface area contributed by atoms with Gasteiger partial charge in [0.2, 0.25) is 5.91 Å². The molecule has 1 aromatic rings. The number of anilines is 1. The summed E-state index contributed by atoms with van der Waals surface area (Å²) in [6.07, 6.45) is 6.33. The van der Waals surface area contributed by atoms with E-state index >= 15 is 0 Å². The van der Waals surface area contributed by atoms with Crippen molar-refractivity contribution in [2.45, 2.75) is 45.4 Å². The lowest BCUT2D eigenvalue weighted by Gasteiger charge is -2.13. The first-order valence-corrected chi connectivity index (χ1v) is 7.49. The van der Waals surface area contributed by atoms with Crippen LogP contribution in [0.1, 0.15) is 51.0 Å². The summed E-state index contributed by atoms with van der Waals surface area (Å²) in [4.78, 5) is 11.1. The van der Waals surface area contributed by atoms with Gasteiger partial charge in [0.25, 0.3) is 0 Å². The number of hydrogen-bond acceptors (Lipinski definition) is 3. The Bertz CT molecular complexity index is 465. The van der Waals surface area contributed by atoms with Crippen molar-refractivity contribution in [3.05, 3.63) is 29.8 Å². The molecule has 0 radical (unpaired) electrons. The number of nitrogens with zero attached hydrogens (tertiary/aromatic N) is 1. The topological polar surface area (TPSA) is 53.5 Å². The molecule has 0 fully saturated rings. The van der Waals surface area contributed by atoms with Crippen LogP contribution in [0.4, 0.5) is 5.69 Å². The lowest BCUT2D eigenvalue weighted by Crippen LogP contribution is -2.25. The number of hydrazone groups is 1. The molecule has 20 heavy (non-hydrogen) atoms. The van der Waals surface area contributed by atoms with Gasteiger partial charge in [0.05, 0.1) is 5.71 Å². The number of benzene rings is 1. The zero-order chi connectivity index (χ0) is 14.2. The Hall–Kier alpha value is -1.84. The Morgan fingerprint density at radius 3 is 2.60 bits per heavy atom. The summed E-state index contributed by atoms with van der Waals surface area (Å²) in [6, 6.07) is 8.28. The number of unbranched alkanes of at least 4 members (excludes halogenated alkanes) is 3. The second kappa shape index (κ2) is 7.68. The molecular weight excluding hydrogens is 250 g/mol. The van der Waals surface area contributed by atoms with Gasteiger partial charge in [0.15, 0.2) is 0 Å². The maximum absolute atomic E-state index is 11.1. The average molecular weight is 273 g/mol. The minimum absolute atomic E-state index is 0.000818. The SMILES string of the molecule is CCCCCCNc1ccc(C2=NNC(=O)CC2)cc1. The summed E-state index contributed by atoms with van der Waals surface area (Å²) in [5, 5.41) is 7.53. The molecule has 1 heterocycles. The van der Waals surface area contributed by atoms with E-state index in [1.165, 1.54) is 25.7 Å². The van der Waals surface area contributed by atoms with Gasteiger partial charge in [-0.25, -0.2) is 5.43 Å². The van der Waals surface area contributed by atoms with Gasteiger partial charge in [-0.2, -0.15) is 5.10 Å². The number of carbonyl (C=O) groups is 1. The highest BCUT2D eigenvalue weighted by Crippen LogP contribution is 2.14. The van der Waals surface area contributed by atoms with Crippen LogP contribution in [0.2, 0.25) is 0 Å². The molecule has 2 rings (SSSR count). The van der Waals surface area contributed by atoms with Crippen LogP contribution in [-0.4, -0.2) is 18.2 Å². The van der Waals surface area contributed by atoms with Gasteiger partial charge in [-0.15, -0.1) is 0 Å². The summed E-state index contributed by atoms with van der Waals surface area (Å²) in [6.45, 7) is 3.25. The van der Waals surface area contributed by atoms with Crippen molar-refractivity contribution in [1.82, 2.24) is 5.43 Å². The first kappa shape index (κ1) is 14.6. The highest BCUT2D eigenvalue weighted by atomic mass is 16.2. The average Bonchev–Trinajstić information content (AvgIpc) is 2.49. The Morgan fingerprint density at radius 2 is 1.95 bits per heavy atom. The molecular formula is C16H23N3O. The molecule has 1 amide bonds. The van der Waals surface area contributed by atoms with E-state index in [0.717, 1.165) is 29.9 Å². The number of carbonyl (C=O) groups excluding carboxylic acids is 1. The molecule has 0 spiro atoms. The van der Waals surface area contributed by atoms with Crippen molar-refractivity contribution in [2.24, 2.45) is 5.10 Å². The maximum atomic E-state index is 11.1. The third kappa shape index (κ3) is 4.37. The Kier molecular flexibility index (Phi) is 5.59. The molecule has 0 aromatic heterocycles. The molecule has 108 valence electrons. The van der Waals surface area contributed by atoms with Crippen LogP contribution in [0.15, 0.2) is 29.4 Å². The van der Waals surface area contributed by atoms with E-state index in [1.54, 1.807) is 0 Å². The lowest BCUT2D eigenvalue weighted by molar-refractivity contribution is -0.121. The fourth-order valence-corrected chi connectivity index (χ4v) is 2.25. The monoisotopic (exact) mass is 273 g/mol. The van der Waals surface area contributed by atoms with Gasteiger partial charge in [-0.3, -0.25) is 4.79 Å². The maximum Gasteiger partial charge on any atom is 0.240 e. The minimum atomic E-state index is -0.000818. The van der Waals surface area contributed by atoms with Crippen LogP contribution < -0.4 is 10.7 Å². The van der Waals surface area contributed by atoms with E-state index < -0.39 is 0 Å². The molecule has 1 aliphatic rings. The fraction of sp³-hybridized carbons (Fsp3) is 0.500. The first-order valence-electron chi connectivity index (χ1n) is 7.49. The second-order valence-electron chi connectivity index (χ2n) is 5.16. The van der Waals surface area contributed by atoms with Crippen molar-refractivity contribution in [3.8, 4) is 0 Å². The van der Waals surface area contributed by atoms with Crippen molar-refractivity contribution in [3.63, 3.8) is 0 Å². The van der Waals surface area contributed by atoms with Crippen molar-refractivity contribution < 1.29 is 4.79 Å². The molecule has 1 aliphatic heterocycles. The highest BCUT2D eigenvalue weighted by molar-refractivity contribution is 6.04. The summed E-state index contributed by atoms with van der Waals surface area (Å²) in [7, 11) is 0. The summed E-state index contributed by atoms with van der Waals surface area (Å²) < 4.78 is 0. The van der Waals surface area contributed by atoms with Crippen LogP contribution in [0, 0.1) is 0 Å². The van der Waals surface area contributed by atoms with E-state index in [0.29, 0.717) is 6.42 Å². The largest absolute Gasteiger partial charge is 0.385 e. The molecule has 4 heteroatoms. The first-order chi connectivity index (χ1) is 9.79. The van der Waals surface area contributed by atoms with Crippen molar-refractivity contribution >= 4 is 17.3 Å². The molecule has 1 aromatic carbocycles. The molecule has 4 nitrogen and oxygen atoms in total. The summed E-state index contributed by atoms with van der Waals surface area (Å²) in [5.74, 6) is -0.000818. The zero-order valence-corrected chi connectivity index (χ0v) is 12.1. The van der Waals surface area contributed by atoms with Crippen LogP contribution in [0.25, 0.3) is 0 Å². The molecule has 0 saturated carbocycles. The van der Waals surface area contributed by atoms with Crippen LogP contribution in [-0.2, 0) is 4.79 Å². The number of hydrogen-bond donors (Lipinski definition) is 2. The second-order valence-corrected chi connectivity index (χ2v) is 5.16. The lowest BCUT2D eigenvalue weighted by atomic mass is 10.0. The molecule has 0 saturated heterocycles. The van der Waals surface area contributed by atoms with E-state index in [-0.39, 0.29) is 5.91 Å². The van der Waals surface area contributed by atoms with Gasteiger partial charge >= 0.3 is 0 Å². The Morgan fingerprint density at radius 1 is 1.15 bits per heavy atom. The van der Waals surface area contributed by atoms with Gasteiger partial charge in [-0.1, -0.05) is 38.3 Å². The fourth-order valence-electron chi connectivity index (χ4n) is 2.25. The van der Waals surface area contributed by atoms with E-state index in [2.05, 4.69) is 47.0 Å². The van der Waals surface area contributed by atoms with Crippen molar-refractivity contribution in [1.29, 1.82) is 0 Å². The predicted octanol–water partition coefficient (Wildman–Crippen LogP) is 3.29. The Labute approximate surface area is 120 Å². The third-order valence-electron chi connectivity index (χ3n) is 3.48. The number of rotatable bonds is 7. The number of nitrogens with one attached hydrogen (secondary N) is 2. The van der Waals surface area contributed by atoms with E-state index in [9.17, 15) is 4.79 Å². The molecule has 0 aliphatic carbocycles. The van der Waals surface area contributed by atoms with Crippen molar-refractivity contribution in [2.75, 3.05) is 11.9 Å². The normalized spacial score (nSPS) is 14.7. The van der Waals surface area contributed by atoms with Crippen LogP contribution in [0.5, 0.6) is 0 Å². The minimum Gasteiger partial charge on any atom is -0.385 e. The van der Waals surface area contributed by atoms with Gasteiger partial charge in [0.1, 0.15) is 0 Å².